The number of hydrogen-bond acceptors (Lipinski definition) is 6. The fourth-order valence-corrected chi connectivity index (χ4v) is 4.13. The van der Waals surface area contributed by atoms with Crippen molar-refractivity contribution < 1.29 is 19.2 Å². The van der Waals surface area contributed by atoms with E-state index in [0.717, 1.165) is 16.7 Å². The number of nitrogens with one attached hydrogen (secondary N) is 1. The zero-order chi connectivity index (χ0) is 24.9. The second-order valence-electron chi connectivity index (χ2n) is 7.86. The fourth-order valence-electron chi connectivity index (χ4n) is 3.77. The Kier molecular flexibility index (Phi) is 7.07. The molecule has 4 rings (SSSR count). The van der Waals surface area contributed by atoms with E-state index in [2.05, 4.69) is 5.32 Å². The lowest BCUT2D eigenvalue weighted by molar-refractivity contribution is -0.384. The lowest BCUT2D eigenvalue weighted by Gasteiger charge is -2.23. The molecule has 3 aromatic rings. The maximum atomic E-state index is 13.1. The Balaban J connectivity index is 1.52. The van der Waals surface area contributed by atoms with Crippen molar-refractivity contribution in [2.24, 2.45) is 0 Å². The molecular weight excluding hydrogens is 466 g/mol. The van der Waals surface area contributed by atoms with E-state index in [1.165, 1.54) is 12.1 Å². The van der Waals surface area contributed by atoms with Crippen LogP contribution in [0.4, 0.5) is 5.69 Å². The predicted molar refractivity (Wildman–Crippen MR) is 136 cm³/mol. The number of carbonyl (C=O) groups excluding carboxylic acids is 1. The van der Waals surface area contributed by atoms with Gasteiger partial charge < -0.3 is 14.8 Å². The van der Waals surface area contributed by atoms with Crippen LogP contribution in [0.25, 0.3) is 6.08 Å². The van der Waals surface area contributed by atoms with E-state index in [-0.39, 0.29) is 24.2 Å². The fraction of sp³-hybridized carbons (Fsp3) is 0.154. The Morgan fingerprint density at radius 1 is 1.11 bits per heavy atom. The number of carbonyl (C=O) groups is 1. The largest absolute Gasteiger partial charge is 0.496 e. The molecule has 1 aliphatic heterocycles. The first-order chi connectivity index (χ1) is 16.9. The van der Waals surface area contributed by atoms with Gasteiger partial charge in [0, 0.05) is 17.7 Å². The molecule has 0 spiro atoms. The van der Waals surface area contributed by atoms with E-state index in [4.69, 9.17) is 21.7 Å². The van der Waals surface area contributed by atoms with E-state index >= 15 is 0 Å². The predicted octanol–water partition coefficient (Wildman–Crippen LogP) is 5.00. The lowest BCUT2D eigenvalue weighted by Crippen LogP contribution is -2.33. The molecule has 0 bridgehead atoms. The second kappa shape index (κ2) is 10.4. The average Bonchev–Trinajstić information content (AvgIpc) is 3.15. The highest BCUT2D eigenvalue weighted by Crippen LogP contribution is 2.28. The van der Waals surface area contributed by atoms with Gasteiger partial charge in [-0.2, -0.15) is 0 Å². The molecule has 1 amide bonds. The van der Waals surface area contributed by atoms with Gasteiger partial charge in [-0.15, -0.1) is 0 Å². The third-order valence-corrected chi connectivity index (χ3v) is 5.93. The SMILES string of the molecule is COc1ccc(/C=C2\NC(=S)N(C(C)c3ccccc3)C2=O)cc1COc1ccc([N+](=O)[O-])cc1. The van der Waals surface area contributed by atoms with Crippen LogP contribution in [0.15, 0.2) is 78.5 Å². The van der Waals surface area contributed by atoms with E-state index in [0.29, 0.717) is 22.3 Å². The van der Waals surface area contributed by atoms with Gasteiger partial charge in [0.25, 0.3) is 11.6 Å². The summed E-state index contributed by atoms with van der Waals surface area (Å²) < 4.78 is 11.2. The summed E-state index contributed by atoms with van der Waals surface area (Å²) in [6.07, 6.45) is 1.74. The van der Waals surface area contributed by atoms with Crippen LogP contribution in [0.2, 0.25) is 0 Å². The highest BCUT2D eigenvalue weighted by molar-refractivity contribution is 7.80. The van der Waals surface area contributed by atoms with Gasteiger partial charge in [0.05, 0.1) is 18.1 Å². The minimum Gasteiger partial charge on any atom is -0.496 e. The molecule has 3 aromatic carbocycles. The van der Waals surface area contributed by atoms with E-state index in [1.807, 2.05) is 49.4 Å². The minimum absolute atomic E-state index is 0.00850. The Hall–Kier alpha value is -4.24. The van der Waals surface area contributed by atoms with Gasteiger partial charge in [-0.25, -0.2) is 0 Å². The molecule has 35 heavy (non-hydrogen) atoms. The van der Waals surface area contributed by atoms with Gasteiger partial charge in [-0.1, -0.05) is 36.4 Å². The molecule has 178 valence electrons. The van der Waals surface area contributed by atoms with Crippen molar-refractivity contribution in [1.82, 2.24) is 10.2 Å². The molecule has 1 fully saturated rings. The molecule has 0 aromatic heterocycles. The van der Waals surface area contributed by atoms with Crippen molar-refractivity contribution in [1.29, 1.82) is 0 Å². The smallest absolute Gasteiger partial charge is 0.277 e. The van der Waals surface area contributed by atoms with Crippen LogP contribution in [-0.4, -0.2) is 28.0 Å². The van der Waals surface area contributed by atoms with Crippen LogP contribution in [0.3, 0.4) is 0 Å². The number of ether oxygens (including phenoxy) is 2. The third kappa shape index (κ3) is 5.30. The Bertz CT molecular complexity index is 1290. The summed E-state index contributed by atoms with van der Waals surface area (Å²) in [7, 11) is 1.56. The van der Waals surface area contributed by atoms with Crippen LogP contribution in [-0.2, 0) is 11.4 Å². The molecule has 9 heteroatoms. The number of benzene rings is 3. The number of methoxy groups -OCH3 is 1. The number of rotatable bonds is 8. The molecule has 1 N–H and O–H groups in total. The summed E-state index contributed by atoms with van der Waals surface area (Å²) in [6.45, 7) is 2.11. The first-order valence-electron chi connectivity index (χ1n) is 10.8. The van der Waals surface area contributed by atoms with Gasteiger partial charge in [0.2, 0.25) is 0 Å². The van der Waals surface area contributed by atoms with Crippen LogP contribution in [0, 0.1) is 10.1 Å². The maximum absolute atomic E-state index is 13.1. The first kappa shape index (κ1) is 23.9. The summed E-state index contributed by atoms with van der Waals surface area (Å²) in [5.41, 5.74) is 2.88. The summed E-state index contributed by atoms with van der Waals surface area (Å²) in [4.78, 5) is 25.1. The number of hydrogen-bond donors (Lipinski definition) is 1. The standard InChI is InChI=1S/C26H23N3O5S/c1-17(19-6-4-3-5-7-19)28-25(30)23(27-26(28)35)15-18-8-13-24(33-2)20(14-18)16-34-22-11-9-21(10-12-22)29(31)32/h3-15,17H,16H2,1-2H3,(H,27,35)/b23-15-. The van der Waals surface area contributed by atoms with E-state index < -0.39 is 4.92 Å². The summed E-state index contributed by atoms with van der Waals surface area (Å²) in [5, 5.41) is 14.2. The Labute approximate surface area is 207 Å². The van der Waals surface area contributed by atoms with Crippen molar-refractivity contribution >= 4 is 35.0 Å². The van der Waals surface area contributed by atoms with E-state index in [9.17, 15) is 14.9 Å². The van der Waals surface area contributed by atoms with E-state index in [1.54, 1.807) is 36.3 Å². The molecule has 0 saturated carbocycles. The summed E-state index contributed by atoms with van der Waals surface area (Å²) >= 11 is 5.44. The monoisotopic (exact) mass is 489 g/mol. The van der Waals surface area contributed by atoms with Gasteiger partial charge in [-0.3, -0.25) is 19.8 Å². The average molecular weight is 490 g/mol. The van der Waals surface area contributed by atoms with Gasteiger partial charge >= 0.3 is 0 Å². The van der Waals surface area contributed by atoms with Crippen molar-refractivity contribution in [3.05, 3.63) is 105 Å². The molecule has 1 atom stereocenters. The molecule has 1 unspecified atom stereocenters. The first-order valence-corrected chi connectivity index (χ1v) is 11.2. The normalized spacial score (nSPS) is 15.1. The third-order valence-electron chi connectivity index (χ3n) is 5.64. The van der Waals surface area contributed by atoms with Crippen LogP contribution in [0.5, 0.6) is 11.5 Å². The molecule has 1 saturated heterocycles. The summed E-state index contributed by atoms with van der Waals surface area (Å²) in [5.74, 6) is 0.908. The van der Waals surface area contributed by atoms with Crippen molar-refractivity contribution in [3.63, 3.8) is 0 Å². The minimum atomic E-state index is -0.463. The van der Waals surface area contributed by atoms with Gasteiger partial charge in [0.1, 0.15) is 23.8 Å². The molecule has 0 radical (unpaired) electrons. The second-order valence-corrected chi connectivity index (χ2v) is 8.25. The van der Waals surface area contributed by atoms with Crippen molar-refractivity contribution in [3.8, 4) is 11.5 Å². The molecule has 0 aliphatic carbocycles. The van der Waals surface area contributed by atoms with Crippen LogP contribution < -0.4 is 14.8 Å². The number of nitrogens with zero attached hydrogens (tertiary/aromatic N) is 2. The molecule has 1 aliphatic rings. The Morgan fingerprint density at radius 3 is 2.49 bits per heavy atom. The van der Waals surface area contributed by atoms with Gasteiger partial charge in [0.15, 0.2) is 5.11 Å². The lowest BCUT2D eigenvalue weighted by atomic mass is 10.1. The zero-order valence-corrected chi connectivity index (χ0v) is 20.0. The van der Waals surface area contributed by atoms with Crippen molar-refractivity contribution in [2.45, 2.75) is 19.6 Å². The zero-order valence-electron chi connectivity index (χ0n) is 19.1. The number of thiocarbonyl (C=S) groups is 1. The number of nitro groups is 1. The topological polar surface area (TPSA) is 93.9 Å². The van der Waals surface area contributed by atoms with Crippen molar-refractivity contribution in [2.75, 3.05) is 7.11 Å². The summed E-state index contributed by atoms with van der Waals surface area (Å²) in [6, 6.07) is 20.8. The maximum Gasteiger partial charge on any atom is 0.277 e. The quantitative estimate of drug-likeness (QED) is 0.206. The highest BCUT2D eigenvalue weighted by Gasteiger charge is 2.34. The number of nitro benzene ring substituents is 1. The Morgan fingerprint density at radius 2 is 1.83 bits per heavy atom. The molecule has 1 heterocycles. The van der Waals surface area contributed by atoms with Crippen LogP contribution >= 0.6 is 12.2 Å². The number of amides is 1. The molecular formula is C26H23N3O5S. The van der Waals surface area contributed by atoms with Gasteiger partial charge in [-0.05, 0) is 60.6 Å². The number of non-ortho nitro benzene ring substituents is 1. The van der Waals surface area contributed by atoms with Crippen LogP contribution in [0.1, 0.15) is 29.7 Å². The highest BCUT2D eigenvalue weighted by atomic mass is 32.1. The molecule has 8 nitrogen and oxygen atoms in total.